The Kier molecular flexibility index (Phi) is 9.69. The van der Waals surface area contributed by atoms with Crippen molar-refractivity contribution in [1.29, 1.82) is 0 Å². The Balaban J connectivity index is 4.65. The van der Waals surface area contributed by atoms with Crippen molar-refractivity contribution in [3.8, 4) is 0 Å². The van der Waals surface area contributed by atoms with Crippen LogP contribution >= 0.6 is 0 Å². The van der Waals surface area contributed by atoms with Crippen LogP contribution in [0, 0.1) is 11.8 Å². The molecule has 0 spiro atoms. The van der Waals surface area contributed by atoms with Gasteiger partial charge in [-0.25, -0.2) is 0 Å². The second-order valence-electron chi connectivity index (χ2n) is 7.46. The van der Waals surface area contributed by atoms with Crippen LogP contribution < -0.4 is 5.73 Å². The predicted octanol–water partition coefficient (Wildman–Crippen LogP) is 3.52. The van der Waals surface area contributed by atoms with Crippen molar-refractivity contribution >= 4 is 0 Å². The molecule has 0 aliphatic rings. The molecule has 0 aromatic heterocycles. The second-order valence-corrected chi connectivity index (χ2v) is 7.46. The fourth-order valence-corrected chi connectivity index (χ4v) is 2.34. The highest BCUT2D eigenvalue weighted by molar-refractivity contribution is 4.82. The maximum absolute atomic E-state index is 6.05. The zero-order valence-electron chi connectivity index (χ0n) is 14.9. The molecule has 0 bridgehead atoms. The molecule has 3 heteroatoms. The molecule has 2 N–H and O–H groups in total. The van der Waals surface area contributed by atoms with E-state index in [0.29, 0.717) is 12.6 Å². The molecule has 0 aliphatic carbocycles. The normalized spacial score (nSPS) is 14.6. The van der Waals surface area contributed by atoms with Crippen molar-refractivity contribution in [3.05, 3.63) is 0 Å². The van der Waals surface area contributed by atoms with E-state index in [1.54, 1.807) is 7.11 Å². The lowest BCUT2D eigenvalue weighted by atomic mass is 9.96. The van der Waals surface area contributed by atoms with E-state index in [9.17, 15) is 0 Å². The molecule has 0 saturated heterocycles. The van der Waals surface area contributed by atoms with Gasteiger partial charge in [0.15, 0.2) is 0 Å². The molecule has 3 nitrogen and oxygen atoms in total. The van der Waals surface area contributed by atoms with Gasteiger partial charge in [0, 0.05) is 19.7 Å². The second kappa shape index (κ2) is 9.75. The van der Waals surface area contributed by atoms with E-state index in [2.05, 4.69) is 46.4 Å². The van der Waals surface area contributed by atoms with Gasteiger partial charge in [-0.2, -0.15) is 0 Å². The Morgan fingerprint density at radius 3 is 1.75 bits per heavy atom. The first-order chi connectivity index (χ1) is 9.21. The van der Waals surface area contributed by atoms with E-state index in [1.165, 1.54) is 12.8 Å². The molecule has 0 fully saturated rings. The number of nitrogens with two attached hydrogens (primary N) is 1. The predicted molar refractivity (Wildman–Crippen MR) is 89.0 cm³/mol. The minimum absolute atomic E-state index is 0.0993. The summed E-state index contributed by atoms with van der Waals surface area (Å²) in [6.45, 7) is 16.5. The quantitative estimate of drug-likeness (QED) is 0.631. The summed E-state index contributed by atoms with van der Waals surface area (Å²) in [5.41, 5.74) is 5.95. The molecule has 0 heterocycles. The van der Waals surface area contributed by atoms with Crippen LogP contribution in [0.4, 0.5) is 0 Å². The molecule has 0 aromatic rings. The zero-order chi connectivity index (χ0) is 15.8. The summed E-state index contributed by atoms with van der Waals surface area (Å²) in [7, 11) is 1.79. The molecule has 0 rings (SSSR count). The van der Waals surface area contributed by atoms with Crippen LogP contribution in [0.2, 0.25) is 0 Å². The molecule has 0 aromatic carbocycles. The van der Waals surface area contributed by atoms with Gasteiger partial charge in [-0.15, -0.1) is 0 Å². The van der Waals surface area contributed by atoms with Gasteiger partial charge in [0.05, 0.1) is 5.60 Å². The molecule has 122 valence electrons. The van der Waals surface area contributed by atoms with E-state index in [1.807, 2.05) is 0 Å². The van der Waals surface area contributed by atoms with Crippen molar-refractivity contribution in [3.63, 3.8) is 0 Å². The number of nitrogens with zero attached hydrogens (tertiary/aromatic N) is 1. The maximum Gasteiger partial charge on any atom is 0.0638 e. The lowest BCUT2D eigenvalue weighted by Gasteiger charge is -2.36. The first kappa shape index (κ1) is 19.9. The highest BCUT2D eigenvalue weighted by Gasteiger charge is 2.26. The number of ether oxygens (including phenoxy) is 1. The fraction of sp³-hybridized carbons (Fsp3) is 1.00. The summed E-state index contributed by atoms with van der Waals surface area (Å²) in [5.74, 6) is 1.48. The Morgan fingerprint density at radius 1 is 1.00 bits per heavy atom. The van der Waals surface area contributed by atoms with Gasteiger partial charge in [-0.05, 0) is 58.0 Å². The van der Waals surface area contributed by atoms with Crippen molar-refractivity contribution < 1.29 is 4.74 Å². The van der Waals surface area contributed by atoms with Crippen LogP contribution in [0.25, 0.3) is 0 Å². The fourth-order valence-electron chi connectivity index (χ4n) is 2.34. The van der Waals surface area contributed by atoms with Crippen molar-refractivity contribution in [2.75, 3.05) is 26.7 Å². The molecule has 0 radical (unpaired) electrons. The van der Waals surface area contributed by atoms with Crippen LogP contribution in [0.5, 0.6) is 0 Å². The third-order valence-electron chi connectivity index (χ3n) is 4.06. The molecule has 1 unspecified atom stereocenters. The Hall–Kier alpha value is -0.120. The number of methoxy groups -OCH3 is 1. The summed E-state index contributed by atoms with van der Waals surface area (Å²) in [6.07, 6.45) is 3.47. The summed E-state index contributed by atoms with van der Waals surface area (Å²) in [6, 6.07) is 0.419. The summed E-state index contributed by atoms with van der Waals surface area (Å²) in [4.78, 5) is 2.58. The van der Waals surface area contributed by atoms with Crippen LogP contribution in [0.15, 0.2) is 0 Å². The number of hydrogen-bond acceptors (Lipinski definition) is 3. The van der Waals surface area contributed by atoms with Crippen LogP contribution in [-0.4, -0.2) is 43.3 Å². The monoisotopic (exact) mass is 286 g/mol. The average Bonchev–Trinajstić information content (AvgIpc) is 2.36. The highest BCUT2D eigenvalue weighted by Crippen LogP contribution is 2.20. The van der Waals surface area contributed by atoms with E-state index in [-0.39, 0.29) is 5.60 Å². The molecular weight excluding hydrogens is 248 g/mol. The first-order valence-electron chi connectivity index (χ1n) is 8.21. The van der Waals surface area contributed by atoms with Crippen LogP contribution in [0.3, 0.4) is 0 Å². The lowest BCUT2D eigenvalue weighted by Crippen LogP contribution is -2.46. The van der Waals surface area contributed by atoms with E-state index < -0.39 is 0 Å². The first-order valence-corrected chi connectivity index (χ1v) is 8.21. The third-order valence-corrected chi connectivity index (χ3v) is 4.06. The molecular formula is C17H38N2O. The molecule has 20 heavy (non-hydrogen) atoms. The summed E-state index contributed by atoms with van der Waals surface area (Å²) in [5, 5.41) is 0. The lowest BCUT2D eigenvalue weighted by molar-refractivity contribution is -0.00869. The van der Waals surface area contributed by atoms with Gasteiger partial charge >= 0.3 is 0 Å². The smallest absolute Gasteiger partial charge is 0.0638 e. The van der Waals surface area contributed by atoms with E-state index in [0.717, 1.165) is 31.3 Å². The zero-order valence-corrected chi connectivity index (χ0v) is 14.9. The van der Waals surface area contributed by atoms with E-state index in [4.69, 9.17) is 10.5 Å². The standard InChI is InChI=1S/C17H38N2O/c1-14(2)8-10-19(11-9-15(3)4)16(13-18)12-17(5,6)20-7/h14-16H,8-13,18H2,1-7H3. The summed E-state index contributed by atoms with van der Waals surface area (Å²) < 4.78 is 5.59. The van der Waals surface area contributed by atoms with Crippen molar-refractivity contribution in [1.82, 2.24) is 4.90 Å². The van der Waals surface area contributed by atoms with Gasteiger partial charge in [0.2, 0.25) is 0 Å². The summed E-state index contributed by atoms with van der Waals surface area (Å²) >= 11 is 0. The number of rotatable bonds is 11. The topological polar surface area (TPSA) is 38.5 Å². The molecule has 0 saturated carbocycles. The Labute approximate surface area is 127 Å². The Bertz CT molecular complexity index is 227. The van der Waals surface area contributed by atoms with Gasteiger partial charge in [0.1, 0.15) is 0 Å². The number of hydrogen-bond donors (Lipinski definition) is 1. The average molecular weight is 287 g/mol. The SMILES string of the molecule is COC(C)(C)CC(CN)N(CCC(C)C)CCC(C)C. The van der Waals surface area contributed by atoms with Crippen molar-refractivity contribution in [2.24, 2.45) is 17.6 Å². The third kappa shape index (κ3) is 8.93. The minimum atomic E-state index is -0.0993. The van der Waals surface area contributed by atoms with Gasteiger partial charge in [-0.1, -0.05) is 27.7 Å². The molecule has 0 amide bonds. The Morgan fingerprint density at radius 2 is 1.45 bits per heavy atom. The largest absolute Gasteiger partial charge is 0.379 e. The van der Waals surface area contributed by atoms with Gasteiger partial charge < -0.3 is 10.5 Å². The van der Waals surface area contributed by atoms with E-state index >= 15 is 0 Å². The van der Waals surface area contributed by atoms with Crippen molar-refractivity contribution in [2.45, 2.75) is 72.4 Å². The molecule has 0 aliphatic heterocycles. The van der Waals surface area contributed by atoms with Gasteiger partial charge in [0.25, 0.3) is 0 Å². The maximum atomic E-state index is 6.05. The van der Waals surface area contributed by atoms with Crippen LogP contribution in [-0.2, 0) is 4.74 Å². The highest BCUT2D eigenvalue weighted by atomic mass is 16.5. The molecule has 1 atom stereocenters. The van der Waals surface area contributed by atoms with Gasteiger partial charge in [-0.3, -0.25) is 4.90 Å². The minimum Gasteiger partial charge on any atom is -0.379 e. The van der Waals surface area contributed by atoms with Crippen LogP contribution in [0.1, 0.15) is 60.8 Å².